The number of alkyl halides is 2. The Morgan fingerprint density at radius 1 is 1.35 bits per heavy atom. The van der Waals surface area contributed by atoms with E-state index in [0.29, 0.717) is 10.7 Å². The summed E-state index contributed by atoms with van der Waals surface area (Å²) < 4.78 is 24.9. The molecule has 2 fully saturated rings. The summed E-state index contributed by atoms with van der Waals surface area (Å²) >= 11 is 2.07. The minimum absolute atomic E-state index is 0. The normalized spacial score (nSPS) is 22.8. The first kappa shape index (κ1) is 18.3. The number of halogens is 3. The summed E-state index contributed by atoms with van der Waals surface area (Å²) in [6, 6.07) is 0. The first-order chi connectivity index (χ1) is 9.15. The summed E-state index contributed by atoms with van der Waals surface area (Å²) in [5.41, 5.74) is 0. The molecule has 0 amide bonds. The number of hydrogen-bond donors (Lipinski definition) is 1. The van der Waals surface area contributed by atoms with Crippen LogP contribution in [-0.4, -0.2) is 54.5 Å². The van der Waals surface area contributed by atoms with E-state index >= 15 is 0 Å². The molecule has 20 heavy (non-hydrogen) atoms. The van der Waals surface area contributed by atoms with E-state index in [-0.39, 0.29) is 30.5 Å². The molecule has 0 aromatic rings. The molecule has 7 heteroatoms. The van der Waals surface area contributed by atoms with Crippen LogP contribution in [0, 0.1) is 0 Å². The van der Waals surface area contributed by atoms with E-state index in [0.717, 1.165) is 18.8 Å². The largest absolute Gasteiger partial charge is 0.351 e. The van der Waals surface area contributed by atoms with Gasteiger partial charge in [0.1, 0.15) is 0 Å². The molecule has 3 nitrogen and oxygen atoms in total. The van der Waals surface area contributed by atoms with Crippen LogP contribution in [0.15, 0.2) is 4.99 Å². The molecule has 0 unspecified atom stereocenters. The highest BCUT2D eigenvalue weighted by atomic mass is 127. The van der Waals surface area contributed by atoms with Crippen molar-refractivity contribution in [1.82, 2.24) is 10.2 Å². The third kappa shape index (κ3) is 4.89. The number of guanidine groups is 1. The summed E-state index contributed by atoms with van der Waals surface area (Å²) in [4.78, 5) is 6.31. The molecule has 0 radical (unpaired) electrons. The van der Waals surface area contributed by atoms with Crippen LogP contribution >= 0.6 is 35.7 Å². The second-order valence-electron chi connectivity index (χ2n) is 5.33. The Bertz CT molecular complexity index is 317. The van der Waals surface area contributed by atoms with E-state index in [1.165, 1.54) is 32.1 Å². The quantitative estimate of drug-likeness (QED) is 0.423. The van der Waals surface area contributed by atoms with E-state index in [1.54, 1.807) is 7.05 Å². The van der Waals surface area contributed by atoms with Gasteiger partial charge >= 0.3 is 0 Å². The van der Waals surface area contributed by atoms with Crippen molar-refractivity contribution >= 4 is 41.7 Å². The van der Waals surface area contributed by atoms with Crippen LogP contribution in [0.2, 0.25) is 0 Å². The maximum atomic E-state index is 12.3. The Morgan fingerprint density at radius 3 is 2.65 bits per heavy atom. The monoisotopic (exact) mass is 419 g/mol. The molecular formula is C13H24F2IN3S. The van der Waals surface area contributed by atoms with E-state index in [2.05, 4.69) is 27.0 Å². The van der Waals surface area contributed by atoms with Gasteiger partial charge in [0.2, 0.25) is 0 Å². The molecule has 118 valence electrons. The van der Waals surface area contributed by atoms with Crippen LogP contribution < -0.4 is 5.32 Å². The van der Waals surface area contributed by atoms with Crippen LogP contribution in [0.25, 0.3) is 0 Å². The van der Waals surface area contributed by atoms with Gasteiger partial charge in [-0.1, -0.05) is 19.3 Å². The van der Waals surface area contributed by atoms with Gasteiger partial charge in [-0.15, -0.1) is 24.0 Å². The van der Waals surface area contributed by atoms with Crippen LogP contribution in [0.1, 0.15) is 32.1 Å². The topological polar surface area (TPSA) is 27.6 Å². The molecule has 0 aromatic carbocycles. The Balaban J connectivity index is 0.00000200. The summed E-state index contributed by atoms with van der Waals surface area (Å²) in [6.07, 6.45) is 4.09. The van der Waals surface area contributed by atoms with Crippen molar-refractivity contribution in [1.29, 1.82) is 0 Å². The predicted octanol–water partition coefficient (Wildman–Crippen LogP) is 3.20. The fourth-order valence-corrected chi connectivity index (χ4v) is 4.59. The van der Waals surface area contributed by atoms with Crippen molar-refractivity contribution in [3.05, 3.63) is 0 Å². The molecule has 1 aliphatic heterocycles. The second kappa shape index (κ2) is 8.60. The Kier molecular flexibility index (Phi) is 7.86. The zero-order valence-corrected chi connectivity index (χ0v) is 15.1. The third-order valence-electron chi connectivity index (χ3n) is 3.94. The van der Waals surface area contributed by atoms with Crippen LogP contribution in [-0.2, 0) is 0 Å². The fraction of sp³-hybridized carbons (Fsp3) is 0.923. The number of thioether (sulfide) groups is 1. The molecule has 2 rings (SSSR count). The predicted molar refractivity (Wildman–Crippen MR) is 92.6 cm³/mol. The number of rotatable bonds is 2. The van der Waals surface area contributed by atoms with Crippen molar-refractivity contribution in [2.45, 2.75) is 43.3 Å². The number of hydrogen-bond acceptors (Lipinski definition) is 2. The van der Waals surface area contributed by atoms with Gasteiger partial charge in [-0.3, -0.25) is 4.99 Å². The van der Waals surface area contributed by atoms with Crippen molar-refractivity contribution < 1.29 is 8.78 Å². The van der Waals surface area contributed by atoms with Gasteiger partial charge in [-0.05, 0) is 12.8 Å². The van der Waals surface area contributed by atoms with Gasteiger partial charge < -0.3 is 10.2 Å². The first-order valence-electron chi connectivity index (χ1n) is 7.03. The smallest absolute Gasteiger partial charge is 0.255 e. The van der Waals surface area contributed by atoms with Crippen molar-refractivity contribution in [2.75, 3.05) is 32.4 Å². The lowest BCUT2D eigenvalue weighted by molar-refractivity contribution is 0.150. The highest BCUT2D eigenvalue weighted by Crippen LogP contribution is 2.42. The van der Waals surface area contributed by atoms with Gasteiger partial charge in [0, 0.05) is 30.6 Å². The van der Waals surface area contributed by atoms with Crippen LogP contribution in [0.3, 0.4) is 0 Å². The van der Waals surface area contributed by atoms with Gasteiger partial charge in [0.05, 0.1) is 6.54 Å². The van der Waals surface area contributed by atoms with Gasteiger partial charge in [-0.25, -0.2) is 8.78 Å². The van der Waals surface area contributed by atoms with E-state index < -0.39 is 6.43 Å². The van der Waals surface area contributed by atoms with Gasteiger partial charge in [0.25, 0.3) is 6.43 Å². The minimum Gasteiger partial charge on any atom is -0.351 e. The standard InChI is InChI=1S/C13H23F2N3S.HI/c1-16-12(17-9-11(14)15)18-7-8-19-13(10-18)5-3-2-4-6-13;/h11H,2-10H2,1H3,(H,16,17);1H. The fourth-order valence-electron chi connectivity index (χ4n) is 3.02. The number of nitrogens with zero attached hydrogens (tertiary/aromatic N) is 2. The molecule has 1 saturated carbocycles. The van der Waals surface area contributed by atoms with Crippen molar-refractivity contribution in [3.8, 4) is 0 Å². The molecule has 1 spiro atoms. The highest BCUT2D eigenvalue weighted by molar-refractivity contribution is 14.0. The van der Waals surface area contributed by atoms with Crippen LogP contribution in [0.5, 0.6) is 0 Å². The van der Waals surface area contributed by atoms with Gasteiger partial charge in [-0.2, -0.15) is 11.8 Å². The molecule has 1 N–H and O–H groups in total. The average Bonchev–Trinajstić information content (AvgIpc) is 2.40. The zero-order chi connectivity index (χ0) is 13.7. The third-order valence-corrected chi connectivity index (χ3v) is 5.48. The first-order valence-corrected chi connectivity index (χ1v) is 8.01. The summed E-state index contributed by atoms with van der Waals surface area (Å²) in [5.74, 6) is 1.69. The van der Waals surface area contributed by atoms with Crippen molar-refractivity contribution in [3.63, 3.8) is 0 Å². The molecule has 2 aliphatic rings. The summed E-state index contributed by atoms with van der Waals surface area (Å²) in [6.45, 7) is 1.53. The molecule has 0 bridgehead atoms. The molecule has 1 saturated heterocycles. The average molecular weight is 419 g/mol. The summed E-state index contributed by atoms with van der Waals surface area (Å²) in [5, 5.41) is 2.78. The Labute approximate surface area is 141 Å². The van der Waals surface area contributed by atoms with Crippen LogP contribution in [0.4, 0.5) is 8.78 Å². The number of aliphatic imine (C=N–C) groups is 1. The highest BCUT2D eigenvalue weighted by Gasteiger charge is 2.38. The number of nitrogens with one attached hydrogen (secondary N) is 1. The lowest BCUT2D eigenvalue weighted by Crippen LogP contribution is -2.54. The van der Waals surface area contributed by atoms with Gasteiger partial charge in [0.15, 0.2) is 5.96 Å². The second-order valence-corrected chi connectivity index (χ2v) is 6.90. The molecular weight excluding hydrogens is 395 g/mol. The molecule has 0 aromatic heterocycles. The SMILES string of the molecule is CN=C(NCC(F)F)N1CCSC2(CCCCC2)C1.I. The molecule has 1 heterocycles. The maximum Gasteiger partial charge on any atom is 0.255 e. The van der Waals surface area contributed by atoms with Crippen molar-refractivity contribution in [2.24, 2.45) is 4.99 Å². The summed E-state index contributed by atoms with van der Waals surface area (Å²) in [7, 11) is 1.67. The maximum absolute atomic E-state index is 12.3. The zero-order valence-electron chi connectivity index (χ0n) is 11.9. The minimum atomic E-state index is -2.33. The van der Waals surface area contributed by atoms with E-state index in [4.69, 9.17) is 0 Å². The lowest BCUT2D eigenvalue weighted by Gasteiger charge is -2.45. The molecule has 0 atom stereocenters. The Morgan fingerprint density at radius 2 is 2.05 bits per heavy atom. The lowest BCUT2D eigenvalue weighted by atomic mass is 9.87. The molecule has 1 aliphatic carbocycles. The van der Waals surface area contributed by atoms with E-state index in [1.807, 2.05) is 0 Å². The Hall–Kier alpha value is 0.210. The van der Waals surface area contributed by atoms with E-state index in [9.17, 15) is 8.78 Å².